The van der Waals surface area contributed by atoms with Crippen molar-refractivity contribution in [1.82, 2.24) is 9.80 Å². The Labute approximate surface area is 237 Å². The first-order valence-corrected chi connectivity index (χ1v) is 12.9. The lowest BCUT2D eigenvalue weighted by atomic mass is 10.1. The number of carbonyl (C=O) groups is 5. The summed E-state index contributed by atoms with van der Waals surface area (Å²) in [5, 5.41) is 29.6. The number of carbonyl (C=O) groups excluding carboxylic acids is 1. The molecule has 220 valence electrons. The third kappa shape index (κ3) is 10.2. The second kappa shape index (κ2) is 15.9. The van der Waals surface area contributed by atoms with Gasteiger partial charge in [-0.3, -0.25) is 14.6 Å². The van der Waals surface area contributed by atoms with Gasteiger partial charge < -0.3 is 25.3 Å². The smallest absolute Gasteiger partial charge is 0.414 e. The van der Waals surface area contributed by atoms with Crippen LogP contribution in [0.1, 0.15) is 25.0 Å². The summed E-state index contributed by atoms with van der Waals surface area (Å²) < 4.78 is 0. The fraction of sp³-hybridized carbons (Fsp3) is 0.345. The van der Waals surface area contributed by atoms with Crippen molar-refractivity contribution in [2.24, 2.45) is 0 Å². The number of anilines is 1. The molecule has 2 atom stereocenters. The maximum Gasteiger partial charge on any atom is 0.414 e. The van der Waals surface area contributed by atoms with Gasteiger partial charge in [-0.05, 0) is 37.5 Å². The highest BCUT2D eigenvalue weighted by atomic mass is 16.4. The maximum atomic E-state index is 13.3. The van der Waals surface area contributed by atoms with Crippen LogP contribution in [0.3, 0.4) is 0 Å². The van der Waals surface area contributed by atoms with E-state index in [2.05, 4.69) is 78.3 Å². The van der Waals surface area contributed by atoms with Crippen molar-refractivity contribution in [3.63, 3.8) is 0 Å². The Morgan fingerprint density at radius 1 is 0.805 bits per heavy atom. The van der Waals surface area contributed by atoms with Gasteiger partial charge in [-0.1, -0.05) is 60.7 Å². The molecule has 2 heterocycles. The van der Waals surface area contributed by atoms with Crippen molar-refractivity contribution in [2.75, 3.05) is 37.6 Å². The van der Waals surface area contributed by atoms with Crippen molar-refractivity contribution < 1.29 is 44.4 Å². The van der Waals surface area contributed by atoms with Gasteiger partial charge in [0.05, 0.1) is 6.04 Å². The number of aliphatic carboxylic acids is 4. The van der Waals surface area contributed by atoms with Gasteiger partial charge in [-0.15, -0.1) is 0 Å². The molecule has 2 aromatic rings. The molecule has 2 aromatic carbocycles. The van der Waals surface area contributed by atoms with E-state index in [-0.39, 0.29) is 18.0 Å². The summed E-state index contributed by atoms with van der Waals surface area (Å²) in [7, 11) is 0. The normalized spacial score (nSPS) is 17.3. The molecule has 1 saturated heterocycles. The van der Waals surface area contributed by atoms with E-state index >= 15 is 0 Å². The number of fused-ring (bicyclic) bond motifs is 1. The largest absolute Gasteiger partial charge is 0.473 e. The Morgan fingerprint density at radius 2 is 1.32 bits per heavy atom. The lowest BCUT2D eigenvalue weighted by molar-refractivity contribution is -0.159. The van der Waals surface area contributed by atoms with Crippen LogP contribution in [0.4, 0.5) is 5.69 Å². The number of piperazine rings is 1. The number of amides is 1. The highest BCUT2D eigenvalue weighted by Gasteiger charge is 2.35. The summed E-state index contributed by atoms with van der Waals surface area (Å²) in [4.78, 5) is 56.5. The summed E-state index contributed by atoms with van der Waals surface area (Å²) in [6.07, 6.45) is 5.38. The van der Waals surface area contributed by atoms with E-state index < -0.39 is 23.9 Å². The Morgan fingerprint density at radius 3 is 1.85 bits per heavy atom. The van der Waals surface area contributed by atoms with E-state index in [4.69, 9.17) is 39.6 Å². The van der Waals surface area contributed by atoms with Gasteiger partial charge in [0.15, 0.2) is 0 Å². The number of rotatable bonds is 5. The van der Waals surface area contributed by atoms with Crippen LogP contribution in [0.2, 0.25) is 0 Å². The summed E-state index contributed by atoms with van der Waals surface area (Å²) >= 11 is 0. The molecular weight excluding hydrogens is 534 g/mol. The van der Waals surface area contributed by atoms with E-state index in [9.17, 15) is 4.79 Å². The lowest BCUT2D eigenvalue weighted by Gasteiger charge is -2.38. The predicted molar refractivity (Wildman–Crippen MR) is 151 cm³/mol. The van der Waals surface area contributed by atoms with E-state index in [1.165, 1.54) is 11.1 Å². The van der Waals surface area contributed by atoms with Crippen molar-refractivity contribution in [3.8, 4) is 0 Å². The second-order valence-electron chi connectivity index (χ2n) is 9.44. The molecule has 0 radical (unpaired) electrons. The Hall–Kier alpha value is -4.55. The van der Waals surface area contributed by atoms with E-state index in [0.717, 1.165) is 44.8 Å². The quantitative estimate of drug-likeness (QED) is 0.387. The first kappa shape index (κ1) is 32.7. The topological polar surface area (TPSA) is 176 Å². The number of benzene rings is 2. The Bertz CT molecular complexity index is 1190. The van der Waals surface area contributed by atoms with Crippen LogP contribution in [0.25, 0.3) is 6.08 Å². The van der Waals surface area contributed by atoms with E-state index in [1.54, 1.807) is 0 Å². The molecule has 2 aliphatic heterocycles. The van der Waals surface area contributed by atoms with Crippen LogP contribution in [0.15, 0.2) is 60.7 Å². The summed E-state index contributed by atoms with van der Waals surface area (Å²) in [6, 6.07) is 18.9. The fourth-order valence-electron chi connectivity index (χ4n) is 4.49. The van der Waals surface area contributed by atoms with Gasteiger partial charge in [0.1, 0.15) is 0 Å². The molecule has 0 bridgehead atoms. The molecule has 2 unspecified atom stereocenters. The van der Waals surface area contributed by atoms with E-state index in [1.807, 2.05) is 17.0 Å². The van der Waals surface area contributed by atoms with E-state index in [0.29, 0.717) is 0 Å². The van der Waals surface area contributed by atoms with Crippen molar-refractivity contribution >= 4 is 41.5 Å². The number of carboxylic acid groups (broad SMARTS) is 4. The summed E-state index contributed by atoms with van der Waals surface area (Å²) in [5.41, 5.74) is 3.63. The molecule has 0 saturated carbocycles. The number of para-hydroxylation sites is 1. The number of carboxylic acids is 4. The molecule has 1 fully saturated rings. The third-order valence-electron chi connectivity index (χ3n) is 6.60. The number of hydrogen-bond donors (Lipinski definition) is 4. The average Bonchev–Trinajstić information content (AvgIpc) is 3.29. The molecule has 4 N–H and O–H groups in total. The first-order chi connectivity index (χ1) is 19.4. The van der Waals surface area contributed by atoms with Gasteiger partial charge in [0, 0.05) is 44.5 Å². The van der Waals surface area contributed by atoms with Crippen LogP contribution >= 0.6 is 0 Å². The summed E-state index contributed by atoms with van der Waals surface area (Å²) in [6.45, 7) is 9.07. The van der Waals surface area contributed by atoms with Crippen LogP contribution in [-0.2, 0) is 30.4 Å². The average molecular weight is 570 g/mol. The predicted octanol–water partition coefficient (Wildman–Crippen LogP) is 1.99. The standard InChI is InChI=1S/C25H31N3O.2C2H2O4/c1-20-19-23-12-6-7-13-24(23)28(20)25(29)21(2)27-17-15-26(16-18-27)14-8-11-22-9-4-3-5-10-22;2*3-1(4)2(5)6/h3-13,20-21H,14-19H2,1-2H3;2*(H,3,4)(H,5,6)/b11-8+;;. The van der Waals surface area contributed by atoms with Gasteiger partial charge in [0.25, 0.3) is 0 Å². The zero-order valence-corrected chi connectivity index (χ0v) is 22.9. The van der Waals surface area contributed by atoms with Gasteiger partial charge in [0.2, 0.25) is 5.91 Å². The van der Waals surface area contributed by atoms with Crippen molar-refractivity contribution in [2.45, 2.75) is 32.4 Å². The molecule has 12 nitrogen and oxygen atoms in total. The van der Waals surface area contributed by atoms with Crippen molar-refractivity contribution in [3.05, 3.63) is 71.8 Å². The van der Waals surface area contributed by atoms with Crippen LogP contribution in [0, 0.1) is 0 Å². The number of nitrogens with zero attached hydrogens (tertiary/aromatic N) is 3. The molecular formula is C29H35N3O9. The SMILES string of the molecule is CC(C(=O)N1c2ccccc2CC1C)N1CCN(C/C=C/c2ccccc2)CC1.O=C(O)C(=O)O.O=C(O)C(=O)O. The van der Waals surface area contributed by atoms with Gasteiger partial charge in [-0.25, -0.2) is 19.2 Å². The van der Waals surface area contributed by atoms with Gasteiger partial charge in [-0.2, -0.15) is 0 Å². The van der Waals surface area contributed by atoms with Crippen LogP contribution in [0.5, 0.6) is 0 Å². The second-order valence-corrected chi connectivity index (χ2v) is 9.44. The zero-order valence-electron chi connectivity index (χ0n) is 22.9. The lowest BCUT2D eigenvalue weighted by Crippen LogP contribution is -2.55. The monoisotopic (exact) mass is 569 g/mol. The third-order valence-corrected chi connectivity index (χ3v) is 6.60. The molecule has 4 rings (SSSR count). The highest BCUT2D eigenvalue weighted by molar-refractivity contribution is 6.27. The number of hydrogen-bond acceptors (Lipinski definition) is 7. The first-order valence-electron chi connectivity index (χ1n) is 12.9. The van der Waals surface area contributed by atoms with Gasteiger partial charge >= 0.3 is 23.9 Å². The molecule has 1 amide bonds. The van der Waals surface area contributed by atoms with Crippen LogP contribution in [-0.4, -0.2) is 105 Å². The highest BCUT2D eigenvalue weighted by Crippen LogP contribution is 2.32. The molecule has 0 spiro atoms. The minimum atomic E-state index is -1.82. The molecule has 12 heteroatoms. The molecule has 2 aliphatic rings. The zero-order chi connectivity index (χ0) is 30.5. The Balaban J connectivity index is 0.000000413. The molecule has 41 heavy (non-hydrogen) atoms. The Kier molecular flexibility index (Phi) is 12.7. The molecule has 0 aliphatic carbocycles. The van der Waals surface area contributed by atoms with Crippen LogP contribution < -0.4 is 4.90 Å². The fourth-order valence-corrected chi connectivity index (χ4v) is 4.49. The minimum Gasteiger partial charge on any atom is -0.473 e. The maximum absolute atomic E-state index is 13.3. The molecule has 0 aromatic heterocycles. The summed E-state index contributed by atoms with van der Waals surface area (Å²) in [5.74, 6) is -7.06. The van der Waals surface area contributed by atoms with Crippen molar-refractivity contribution in [1.29, 1.82) is 0 Å². The minimum absolute atomic E-state index is 0.0781.